The molecule has 2 N–H and O–H groups in total. The van der Waals surface area contributed by atoms with E-state index in [-0.39, 0.29) is 17.9 Å². The van der Waals surface area contributed by atoms with Crippen molar-refractivity contribution in [2.45, 2.75) is 52.0 Å². The van der Waals surface area contributed by atoms with Crippen LogP contribution in [0.3, 0.4) is 0 Å². The Labute approximate surface area is 127 Å². The lowest BCUT2D eigenvalue weighted by atomic mass is 9.85. The van der Waals surface area contributed by atoms with Gasteiger partial charge in [-0.3, -0.25) is 4.79 Å². The Kier molecular flexibility index (Phi) is 6.21. The largest absolute Gasteiger partial charge is 0.496 e. The Morgan fingerprint density at radius 3 is 2.52 bits per heavy atom. The van der Waals surface area contributed by atoms with Crippen LogP contribution in [-0.2, 0) is 16.6 Å². The number of carboxylic acid groups (broad SMARTS) is 1. The van der Waals surface area contributed by atoms with Crippen molar-refractivity contribution in [3.05, 3.63) is 29.3 Å². The first-order chi connectivity index (χ1) is 9.77. The summed E-state index contributed by atoms with van der Waals surface area (Å²) in [6, 6.07) is 6.09. The third-order valence-corrected chi connectivity index (χ3v) is 3.53. The lowest BCUT2D eigenvalue weighted by Gasteiger charge is -2.23. The van der Waals surface area contributed by atoms with Gasteiger partial charge in [0.2, 0.25) is 0 Å². The molecule has 0 saturated carbocycles. The Morgan fingerprint density at radius 1 is 1.38 bits per heavy atom. The molecule has 0 amide bonds. The summed E-state index contributed by atoms with van der Waals surface area (Å²) in [4.78, 5) is 11.0. The maximum absolute atomic E-state index is 11.0. The molecule has 1 unspecified atom stereocenters. The normalized spacial score (nSPS) is 13.0. The minimum Gasteiger partial charge on any atom is -0.496 e. The predicted octanol–water partition coefficient (Wildman–Crippen LogP) is 2.99. The minimum atomic E-state index is -0.785. The fourth-order valence-electron chi connectivity index (χ4n) is 2.39. The summed E-state index contributed by atoms with van der Waals surface area (Å²) in [5, 5.41) is 12.3. The molecule has 0 fully saturated rings. The van der Waals surface area contributed by atoms with E-state index in [0.29, 0.717) is 6.42 Å². The molecule has 0 saturated heterocycles. The highest BCUT2D eigenvalue weighted by atomic mass is 16.5. The third-order valence-electron chi connectivity index (χ3n) is 3.53. The second kappa shape index (κ2) is 7.46. The maximum atomic E-state index is 11.0. The number of hydrogen-bond donors (Lipinski definition) is 2. The van der Waals surface area contributed by atoms with Gasteiger partial charge in [0.05, 0.1) is 13.5 Å². The molecule has 0 aliphatic carbocycles. The highest BCUT2D eigenvalue weighted by molar-refractivity contribution is 5.67. The Hall–Kier alpha value is -1.55. The summed E-state index contributed by atoms with van der Waals surface area (Å²) < 4.78 is 5.42. The topological polar surface area (TPSA) is 58.6 Å². The van der Waals surface area contributed by atoms with E-state index in [0.717, 1.165) is 17.9 Å². The van der Waals surface area contributed by atoms with Crippen molar-refractivity contribution >= 4 is 5.97 Å². The summed E-state index contributed by atoms with van der Waals surface area (Å²) >= 11 is 0. The smallest absolute Gasteiger partial charge is 0.304 e. The lowest BCUT2D eigenvalue weighted by Crippen LogP contribution is -2.33. The molecular formula is C17H27NO3. The van der Waals surface area contributed by atoms with Crippen molar-refractivity contribution in [1.29, 1.82) is 0 Å². The zero-order valence-electron chi connectivity index (χ0n) is 13.7. The van der Waals surface area contributed by atoms with Crippen LogP contribution in [0.15, 0.2) is 18.2 Å². The van der Waals surface area contributed by atoms with Gasteiger partial charge in [-0.1, -0.05) is 39.8 Å². The van der Waals surface area contributed by atoms with Crippen LogP contribution in [0.5, 0.6) is 5.75 Å². The monoisotopic (exact) mass is 293 g/mol. The van der Waals surface area contributed by atoms with Crippen molar-refractivity contribution in [1.82, 2.24) is 5.32 Å². The molecule has 0 aromatic heterocycles. The van der Waals surface area contributed by atoms with E-state index in [1.807, 2.05) is 13.0 Å². The molecule has 1 atom stereocenters. The second-order valence-electron chi connectivity index (χ2n) is 6.33. The number of rotatable bonds is 7. The Balaban J connectivity index is 3.04. The molecule has 4 heteroatoms. The van der Waals surface area contributed by atoms with Crippen LogP contribution < -0.4 is 10.1 Å². The van der Waals surface area contributed by atoms with Gasteiger partial charge in [0.25, 0.3) is 0 Å². The lowest BCUT2D eigenvalue weighted by molar-refractivity contribution is -0.137. The Bertz CT molecular complexity index is 477. The van der Waals surface area contributed by atoms with E-state index >= 15 is 0 Å². The summed E-state index contributed by atoms with van der Waals surface area (Å²) in [6.45, 7) is 9.23. The molecule has 21 heavy (non-hydrogen) atoms. The molecule has 0 aliphatic rings. The maximum Gasteiger partial charge on any atom is 0.304 e. The summed E-state index contributed by atoms with van der Waals surface area (Å²) in [5.41, 5.74) is 2.34. The highest BCUT2D eigenvalue weighted by Crippen LogP contribution is 2.29. The van der Waals surface area contributed by atoms with Gasteiger partial charge in [-0.15, -0.1) is 0 Å². The molecule has 4 nitrogen and oxygen atoms in total. The van der Waals surface area contributed by atoms with Gasteiger partial charge in [0, 0.05) is 6.04 Å². The van der Waals surface area contributed by atoms with Gasteiger partial charge in [-0.2, -0.15) is 0 Å². The van der Waals surface area contributed by atoms with Gasteiger partial charge in [-0.25, -0.2) is 0 Å². The van der Waals surface area contributed by atoms with Crippen LogP contribution in [0.25, 0.3) is 0 Å². The molecule has 0 aliphatic heterocycles. The summed E-state index contributed by atoms with van der Waals surface area (Å²) in [6.07, 6.45) is 0.754. The van der Waals surface area contributed by atoms with Gasteiger partial charge in [-0.05, 0) is 35.6 Å². The number of ether oxygens (including phenoxy) is 1. The number of carbonyl (C=O) groups is 1. The number of likely N-dealkylation sites (N-methyl/N-ethyl adjacent to an activating group) is 1. The highest BCUT2D eigenvalue weighted by Gasteiger charge is 2.19. The molecular weight excluding hydrogens is 266 g/mol. The molecule has 1 aromatic carbocycles. The average molecular weight is 293 g/mol. The molecule has 0 spiro atoms. The standard InChI is InChI=1S/C17H27NO3/c1-6-18-14(11-16(19)20)10-12-9-13(17(2,3)4)7-8-15(12)21-5/h7-9,14,18H,6,10-11H2,1-5H3,(H,19,20). The van der Waals surface area contributed by atoms with Crippen molar-refractivity contribution < 1.29 is 14.6 Å². The minimum absolute atomic E-state index is 0.0570. The van der Waals surface area contributed by atoms with E-state index in [1.165, 1.54) is 5.56 Å². The zero-order valence-corrected chi connectivity index (χ0v) is 13.7. The quantitative estimate of drug-likeness (QED) is 0.811. The van der Waals surface area contributed by atoms with Crippen molar-refractivity contribution in [3.8, 4) is 5.75 Å². The molecule has 118 valence electrons. The van der Waals surface area contributed by atoms with E-state index in [4.69, 9.17) is 9.84 Å². The van der Waals surface area contributed by atoms with Gasteiger partial charge in [0.15, 0.2) is 0 Å². The van der Waals surface area contributed by atoms with Gasteiger partial charge >= 0.3 is 5.97 Å². The van der Waals surface area contributed by atoms with Crippen LogP contribution >= 0.6 is 0 Å². The first-order valence-corrected chi connectivity index (χ1v) is 7.40. The second-order valence-corrected chi connectivity index (χ2v) is 6.33. The van der Waals surface area contributed by atoms with Gasteiger partial charge < -0.3 is 15.2 Å². The fourth-order valence-corrected chi connectivity index (χ4v) is 2.39. The number of methoxy groups -OCH3 is 1. The van der Waals surface area contributed by atoms with Gasteiger partial charge in [0.1, 0.15) is 5.75 Å². The van der Waals surface area contributed by atoms with Crippen molar-refractivity contribution in [2.75, 3.05) is 13.7 Å². The van der Waals surface area contributed by atoms with Crippen molar-refractivity contribution in [3.63, 3.8) is 0 Å². The fraction of sp³-hybridized carbons (Fsp3) is 0.588. The van der Waals surface area contributed by atoms with E-state index in [9.17, 15) is 4.79 Å². The first-order valence-electron chi connectivity index (χ1n) is 7.40. The number of benzene rings is 1. The van der Waals surface area contributed by atoms with Crippen LogP contribution in [-0.4, -0.2) is 30.8 Å². The summed E-state index contributed by atoms with van der Waals surface area (Å²) in [7, 11) is 1.65. The Morgan fingerprint density at radius 2 is 2.05 bits per heavy atom. The molecule has 1 aromatic rings. The summed E-state index contributed by atoms with van der Waals surface area (Å²) in [5.74, 6) is 0.0307. The number of nitrogens with one attached hydrogen (secondary N) is 1. The van der Waals surface area contributed by atoms with E-state index in [2.05, 4.69) is 38.2 Å². The molecule has 0 bridgehead atoms. The van der Waals surface area contributed by atoms with E-state index < -0.39 is 5.97 Å². The zero-order chi connectivity index (χ0) is 16.0. The van der Waals surface area contributed by atoms with Crippen LogP contribution in [0.2, 0.25) is 0 Å². The first kappa shape index (κ1) is 17.5. The van der Waals surface area contributed by atoms with Crippen molar-refractivity contribution in [2.24, 2.45) is 0 Å². The molecule has 1 rings (SSSR count). The van der Waals surface area contributed by atoms with Crippen LogP contribution in [0.1, 0.15) is 45.2 Å². The van der Waals surface area contributed by atoms with E-state index in [1.54, 1.807) is 7.11 Å². The predicted molar refractivity (Wildman–Crippen MR) is 85.1 cm³/mol. The number of carboxylic acids is 1. The van der Waals surface area contributed by atoms with Crippen LogP contribution in [0, 0.1) is 0 Å². The molecule has 0 radical (unpaired) electrons. The third kappa shape index (κ3) is 5.38. The number of aliphatic carboxylic acids is 1. The van der Waals surface area contributed by atoms with Crippen LogP contribution in [0.4, 0.5) is 0 Å². The molecule has 0 heterocycles. The average Bonchev–Trinajstić information content (AvgIpc) is 2.37. The number of hydrogen-bond acceptors (Lipinski definition) is 3. The SMILES string of the molecule is CCNC(CC(=O)O)Cc1cc(C(C)(C)C)ccc1OC.